The van der Waals surface area contributed by atoms with Crippen LogP contribution in [0, 0.1) is 27.7 Å². The fourth-order valence-corrected chi connectivity index (χ4v) is 3.08. The number of nitrogens with two attached hydrogens (primary N) is 2. The topological polar surface area (TPSA) is 52.0 Å². The fourth-order valence-electron chi connectivity index (χ4n) is 3.08. The molecule has 3 rings (SSSR count). The van der Waals surface area contributed by atoms with Gasteiger partial charge in [-0.15, -0.1) is 0 Å². The van der Waals surface area contributed by atoms with Gasteiger partial charge in [-0.1, -0.05) is 30.3 Å². The molecule has 0 saturated heterocycles. The zero-order valence-corrected chi connectivity index (χ0v) is 14.8. The van der Waals surface area contributed by atoms with E-state index in [1.54, 1.807) is 0 Å². The first-order chi connectivity index (χ1) is 11.4. The van der Waals surface area contributed by atoms with Gasteiger partial charge in [-0.2, -0.15) is 0 Å². The second-order valence-electron chi connectivity index (χ2n) is 6.57. The lowest BCUT2D eigenvalue weighted by atomic mass is 9.88. The largest absolute Gasteiger partial charge is 0.399 e. The summed E-state index contributed by atoms with van der Waals surface area (Å²) in [6, 6.07) is 16.9. The zero-order valence-electron chi connectivity index (χ0n) is 14.8. The molecule has 3 aromatic rings. The Labute approximate surface area is 144 Å². The van der Waals surface area contributed by atoms with Crippen LogP contribution in [0.1, 0.15) is 22.3 Å². The Balaban J connectivity index is 2.29. The lowest BCUT2D eigenvalue weighted by Crippen LogP contribution is -1.97. The van der Waals surface area contributed by atoms with Crippen LogP contribution in [0.3, 0.4) is 0 Å². The molecule has 0 aromatic heterocycles. The third-order valence-corrected chi connectivity index (χ3v) is 4.88. The normalized spacial score (nSPS) is 10.8. The highest BCUT2D eigenvalue weighted by Gasteiger charge is 2.13. The van der Waals surface area contributed by atoms with Crippen LogP contribution in [-0.4, -0.2) is 0 Å². The van der Waals surface area contributed by atoms with Crippen LogP contribution in [-0.2, 0) is 0 Å². The van der Waals surface area contributed by atoms with Gasteiger partial charge in [0.25, 0.3) is 0 Å². The average Bonchev–Trinajstić information content (AvgIpc) is 2.55. The molecule has 0 unspecified atom stereocenters. The molecule has 0 aliphatic rings. The summed E-state index contributed by atoms with van der Waals surface area (Å²) in [5, 5.41) is 0. The molecule has 2 heteroatoms. The van der Waals surface area contributed by atoms with E-state index >= 15 is 0 Å². The lowest BCUT2D eigenvalue weighted by molar-refractivity contribution is 1.33. The molecule has 122 valence electrons. The van der Waals surface area contributed by atoms with Crippen LogP contribution in [0.5, 0.6) is 0 Å². The molecule has 0 spiro atoms. The highest BCUT2D eigenvalue weighted by Crippen LogP contribution is 2.38. The highest BCUT2D eigenvalue weighted by atomic mass is 14.6. The predicted molar refractivity (Wildman–Crippen MR) is 105 cm³/mol. The number of anilines is 2. The Morgan fingerprint density at radius 2 is 1.21 bits per heavy atom. The molecule has 24 heavy (non-hydrogen) atoms. The molecule has 0 fully saturated rings. The number of hydrogen-bond acceptors (Lipinski definition) is 2. The third kappa shape index (κ3) is 2.76. The monoisotopic (exact) mass is 316 g/mol. The smallest absolute Gasteiger partial charge is 0.0350 e. The first kappa shape index (κ1) is 16.1. The number of nitrogen functional groups attached to an aromatic ring is 2. The number of rotatable bonds is 2. The number of benzene rings is 3. The summed E-state index contributed by atoms with van der Waals surface area (Å²) >= 11 is 0. The Kier molecular flexibility index (Phi) is 4.06. The van der Waals surface area contributed by atoms with E-state index in [0.717, 1.165) is 28.1 Å². The van der Waals surface area contributed by atoms with Crippen molar-refractivity contribution in [3.05, 3.63) is 70.8 Å². The summed E-state index contributed by atoms with van der Waals surface area (Å²) in [6.07, 6.45) is 0. The van der Waals surface area contributed by atoms with Crippen LogP contribution >= 0.6 is 0 Å². The van der Waals surface area contributed by atoms with Gasteiger partial charge >= 0.3 is 0 Å². The van der Waals surface area contributed by atoms with Crippen molar-refractivity contribution < 1.29 is 0 Å². The molecule has 0 heterocycles. The summed E-state index contributed by atoms with van der Waals surface area (Å²) in [7, 11) is 0. The van der Waals surface area contributed by atoms with Gasteiger partial charge < -0.3 is 11.5 Å². The maximum atomic E-state index is 6.21. The van der Waals surface area contributed by atoms with E-state index in [1.165, 1.54) is 27.8 Å². The van der Waals surface area contributed by atoms with Gasteiger partial charge in [0.05, 0.1) is 0 Å². The molecule has 0 amide bonds. The van der Waals surface area contributed by atoms with Gasteiger partial charge in [0.1, 0.15) is 0 Å². The molecule has 2 nitrogen and oxygen atoms in total. The molecule has 0 bridgehead atoms. The van der Waals surface area contributed by atoms with Crippen LogP contribution in [0.4, 0.5) is 11.4 Å². The van der Waals surface area contributed by atoms with E-state index in [1.807, 2.05) is 19.1 Å². The standard InChI is InChI=1S/C22H24N2/c1-13-5-6-18(11-14(13)2)22-16(4)21(24)10-8-19(22)17-7-9-20(23)15(3)12-17/h5-12H,23-24H2,1-4H3. The lowest BCUT2D eigenvalue weighted by Gasteiger charge is -2.17. The van der Waals surface area contributed by atoms with E-state index in [0.29, 0.717) is 0 Å². The van der Waals surface area contributed by atoms with E-state index in [9.17, 15) is 0 Å². The molecule has 4 N–H and O–H groups in total. The predicted octanol–water partition coefficient (Wildman–Crippen LogP) is 5.42. The summed E-state index contributed by atoms with van der Waals surface area (Å²) < 4.78 is 0. The summed E-state index contributed by atoms with van der Waals surface area (Å²) in [4.78, 5) is 0. The van der Waals surface area contributed by atoms with E-state index in [4.69, 9.17) is 11.5 Å². The quantitative estimate of drug-likeness (QED) is 0.620. The van der Waals surface area contributed by atoms with Crippen molar-refractivity contribution in [3.63, 3.8) is 0 Å². The maximum Gasteiger partial charge on any atom is 0.0350 e. The van der Waals surface area contributed by atoms with Crippen LogP contribution < -0.4 is 11.5 Å². The van der Waals surface area contributed by atoms with E-state index in [-0.39, 0.29) is 0 Å². The van der Waals surface area contributed by atoms with Crippen molar-refractivity contribution >= 4 is 11.4 Å². The van der Waals surface area contributed by atoms with Crippen LogP contribution in [0.15, 0.2) is 48.5 Å². The minimum Gasteiger partial charge on any atom is -0.399 e. The second kappa shape index (κ2) is 6.04. The Bertz CT molecular complexity index is 923. The maximum absolute atomic E-state index is 6.21. The summed E-state index contributed by atoms with van der Waals surface area (Å²) in [6.45, 7) is 8.41. The second-order valence-corrected chi connectivity index (χ2v) is 6.57. The van der Waals surface area contributed by atoms with Gasteiger partial charge in [0.15, 0.2) is 0 Å². The first-order valence-corrected chi connectivity index (χ1v) is 8.21. The van der Waals surface area contributed by atoms with Crippen molar-refractivity contribution in [1.82, 2.24) is 0 Å². The molecular formula is C22H24N2. The van der Waals surface area contributed by atoms with Gasteiger partial charge in [0.2, 0.25) is 0 Å². The number of hydrogen-bond donors (Lipinski definition) is 2. The first-order valence-electron chi connectivity index (χ1n) is 8.21. The highest BCUT2D eigenvalue weighted by molar-refractivity contribution is 5.89. The van der Waals surface area contributed by atoms with Crippen molar-refractivity contribution in [2.75, 3.05) is 11.5 Å². The van der Waals surface area contributed by atoms with Crippen molar-refractivity contribution in [2.45, 2.75) is 27.7 Å². The summed E-state index contributed by atoms with van der Waals surface area (Å²) in [5.41, 5.74) is 23.4. The van der Waals surface area contributed by atoms with Crippen molar-refractivity contribution in [1.29, 1.82) is 0 Å². The molecule has 0 saturated carbocycles. The Hall–Kier alpha value is -2.74. The SMILES string of the molecule is Cc1ccc(-c2c(-c3ccc(N)c(C)c3)ccc(N)c2C)cc1C. The molecule has 0 radical (unpaired) electrons. The Morgan fingerprint density at radius 1 is 0.583 bits per heavy atom. The zero-order chi connectivity index (χ0) is 17.4. The van der Waals surface area contributed by atoms with Gasteiger partial charge in [0, 0.05) is 11.4 Å². The average molecular weight is 316 g/mol. The van der Waals surface area contributed by atoms with Crippen molar-refractivity contribution in [2.24, 2.45) is 0 Å². The van der Waals surface area contributed by atoms with Crippen molar-refractivity contribution in [3.8, 4) is 22.3 Å². The van der Waals surface area contributed by atoms with Gasteiger partial charge in [-0.25, -0.2) is 0 Å². The van der Waals surface area contributed by atoms with E-state index in [2.05, 4.69) is 57.2 Å². The molecule has 0 atom stereocenters. The number of aryl methyl sites for hydroxylation is 3. The van der Waals surface area contributed by atoms with E-state index < -0.39 is 0 Å². The van der Waals surface area contributed by atoms with Crippen LogP contribution in [0.2, 0.25) is 0 Å². The molecule has 0 aliphatic carbocycles. The minimum absolute atomic E-state index is 0.818. The van der Waals surface area contributed by atoms with Gasteiger partial charge in [-0.3, -0.25) is 0 Å². The fraction of sp³-hybridized carbons (Fsp3) is 0.182. The van der Waals surface area contributed by atoms with Crippen LogP contribution in [0.25, 0.3) is 22.3 Å². The van der Waals surface area contributed by atoms with Gasteiger partial charge in [-0.05, 0) is 90.4 Å². The third-order valence-electron chi connectivity index (χ3n) is 4.88. The molecule has 3 aromatic carbocycles. The molecule has 0 aliphatic heterocycles. The minimum atomic E-state index is 0.818. The summed E-state index contributed by atoms with van der Waals surface area (Å²) in [5.74, 6) is 0. The molecular weight excluding hydrogens is 292 g/mol. The Morgan fingerprint density at radius 3 is 1.88 bits per heavy atom.